The molecule has 3 atom stereocenters. The van der Waals surface area contributed by atoms with E-state index < -0.39 is 0 Å². The lowest BCUT2D eigenvalue weighted by atomic mass is 9.77. The quantitative estimate of drug-likeness (QED) is 0.674. The summed E-state index contributed by atoms with van der Waals surface area (Å²) >= 11 is 0. The van der Waals surface area contributed by atoms with Crippen LogP contribution in [0.15, 0.2) is 0 Å². The van der Waals surface area contributed by atoms with Gasteiger partial charge in [0, 0.05) is 19.3 Å². The maximum atomic E-state index is 5.50. The Labute approximate surface area is 101 Å². The van der Waals surface area contributed by atoms with Gasteiger partial charge >= 0.3 is 0 Å². The Balaban J connectivity index is 2.32. The first-order chi connectivity index (χ1) is 7.77. The largest absolute Gasteiger partial charge is 0.382 e. The van der Waals surface area contributed by atoms with Crippen LogP contribution in [0.3, 0.4) is 0 Å². The molecular formula is C14H29NO. The lowest BCUT2D eigenvalue weighted by Gasteiger charge is -2.35. The first-order valence-electron chi connectivity index (χ1n) is 7.09. The third kappa shape index (κ3) is 4.84. The van der Waals surface area contributed by atoms with Crippen molar-refractivity contribution in [3.63, 3.8) is 0 Å². The zero-order valence-corrected chi connectivity index (χ0v) is 11.3. The van der Waals surface area contributed by atoms with Crippen LogP contribution in [0.4, 0.5) is 0 Å². The Hall–Kier alpha value is -0.0800. The fourth-order valence-electron chi connectivity index (χ4n) is 2.80. The van der Waals surface area contributed by atoms with Crippen molar-refractivity contribution >= 4 is 0 Å². The molecule has 16 heavy (non-hydrogen) atoms. The van der Waals surface area contributed by atoms with E-state index >= 15 is 0 Å². The van der Waals surface area contributed by atoms with E-state index in [4.69, 9.17) is 4.74 Å². The molecule has 2 heteroatoms. The van der Waals surface area contributed by atoms with Crippen LogP contribution in [0.5, 0.6) is 0 Å². The van der Waals surface area contributed by atoms with Gasteiger partial charge in [0.2, 0.25) is 0 Å². The van der Waals surface area contributed by atoms with Crippen LogP contribution < -0.4 is 5.32 Å². The van der Waals surface area contributed by atoms with Gasteiger partial charge in [0.1, 0.15) is 0 Å². The second-order valence-corrected chi connectivity index (χ2v) is 5.22. The fraction of sp³-hybridized carbons (Fsp3) is 1.00. The van der Waals surface area contributed by atoms with E-state index in [-0.39, 0.29) is 0 Å². The summed E-state index contributed by atoms with van der Waals surface area (Å²) in [6.07, 6.45) is 6.61. The highest BCUT2D eigenvalue weighted by atomic mass is 16.5. The van der Waals surface area contributed by atoms with Crippen LogP contribution >= 0.6 is 0 Å². The fourth-order valence-corrected chi connectivity index (χ4v) is 2.80. The first-order valence-corrected chi connectivity index (χ1v) is 7.09. The summed E-state index contributed by atoms with van der Waals surface area (Å²) in [5.41, 5.74) is 0. The monoisotopic (exact) mass is 227 g/mol. The Morgan fingerprint density at radius 3 is 2.75 bits per heavy atom. The van der Waals surface area contributed by atoms with Gasteiger partial charge in [0.05, 0.1) is 0 Å². The molecule has 0 spiro atoms. The summed E-state index contributed by atoms with van der Waals surface area (Å²) in [6, 6.07) is 0.747. The number of rotatable bonds is 7. The maximum absolute atomic E-state index is 5.50. The zero-order valence-electron chi connectivity index (χ0n) is 11.3. The van der Waals surface area contributed by atoms with Crippen LogP contribution in [0.2, 0.25) is 0 Å². The third-order valence-electron chi connectivity index (χ3n) is 3.74. The van der Waals surface area contributed by atoms with Crippen LogP contribution in [0.1, 0.15) is 52.9 Å². The van der Waals surface area contributed by atoms with Gasteiger partial charge in [-0.3, -0.25) is 0 Å². The van der Waals surface area contributed by atoms with Crippen molar-refractivity contribution in [3.8, 4) is 0 Å². The summed E-state index contributed by atoms with van der Waals surface area (Å²) < 4.78 is 5.50. The van der Waals surface area contributed by atoms with Gasteiger partial charge in [-0.15, -0.1) is 0 Å². The van der Waals surface area contributed by atoms with E-state index in [1.54, 1.807) is 0 Å². The molecule has 0 saturated heterocycles. The molecule has 0 aromatic heterocycles. The lowest BCUT2D eigenvalue weighted by molar-refractivity contribution is 0.106. The molecule has 1 aliphatic carbocycles. The van der Waals surface area contributed by atoms with Gasteiger partial charge in [-0.25, -0.2) is 0 Å². The molecular weight excluding hydrogens is 198 g/mol. The van der Waals surface area contributed by atoms with Crippen molar-refractivity contribution < 1.29 is 4.74 Å². The number of hydrogen-bond donors (Lipinski definition) is 1. The highest BCUT2D eigenvalue weighted by Crippen LogP contribution is 2.31. The summed E-state index contributed by atoms with van der Waals surface area (Å²) in [6.45, 7) is 9.69. The maximum Gasteiger partial charge on any atom is 0.0469 e. The van der Waals surface area contributed by atoms with Crippen LogP contribution in [0.25, 0.3) is 0 Å². The highest BCUT2D eigenvalue weighted by Gasteiger charge is 2.27. The van der Waals surface area contributed by atoms with Gasteiger partial charge in [-0.2, -0.15) is 0 Å². The van der Waals surface area contributed by atoms with Crippen LogP contribution in [0, 0.1) is 11.8 Å². The Kier molecular flexibility index (Phi) is 7.06. The molecule has 1 rings (SSSR count). The molecule has 1 N–H and O–H groups in total. The van der Waals surface area contributed by atoms with Crippen molar-refractivity contribution in [2.24, 2.45) is 11.8 Å². The molecule has 0 aliphatic heterocycles. The second kappa shape index (κ2) is 8.08. The van der Waals surface area contributed by atoms with Gasteiger partial charge in [0.15, 0.2) is 0 Å². The molecule has 0 radical (unpaired) electrons. The molecule has 3 unspecified atom stereocenters. The molecule has 0 amide bonds. The second-order valence-electron chi connectivity index (χ2n) is 5.22. The first kappa shape index (κ1) is 14.0. The Morgan fingerprint density at radius 1 is 1.25 bits per heavy atom. The van der Waals surface area contributed by atoms with Crippen molar-refractivity contribution in [2.45, 2.75) is 58.9 Å². The summed E-state index contributed by atoms with van der Waals surface area (Å²) in [7, 11) is 0. The minimum absolute atomic E-state index is 0.747. The smallest absolute Gasteiger partial charge is 0.0469 e. The van der Waals surface area contributed by atoms with E-state index in [9.17, 15) is 0 Å². The molecule has 96 valence electrons. The van der Waals surface area contributed by atoms with Gasteiger partial charge in [-0.05, 0) is 57.4 Å². The number of ether oxygens (including phenoxy) is 1. The normalized spacial score (nSPS) is 30.6. The summed E-state index contributed by atoms with van der Waals surface area (Å²) in [5.74, 6) is 1.74. The zero-order chi connectivity index (χ0) is 11.8. The van der Waals surface area contributed by atoms with E-state index in [1.807, 2.05) is 0 Å². The average molecular weight is 227 g/mol. The van der Waals surface area contributed by atoms with Gasteiger partial charge < -0.3 is 10.1 Å². The number of nitrogens with one attached hydrogen (secondary N) is 1. The highest BCUT2D eigenvalue weighted by molar-refractivity contribution is 4.83. The Bertz CT molecular complexity index is 170. The van der Waals surface area contributed by atoms with Crippen molar-refractivity contribution in [3.05, 3.63) is 0 Å². The lowest BCUT2D eigenvalue weighted by Crippen LogP contribution is -2.41. The molecule has 0 aromatic carbocycles. The van der Waals surface area contributed by atoms with E-state index in [2.05, 4.69) is 26.1 Å². The SMILES string of the molecule is CCCNC1CCC(C)CC1CCOCC. The Morgan fingerprint density at radius 2 is 2.06 bits per heavy atom. The van der Waals surface area contributed by atoms with Crippen LogP contribution in [-0.4, -0.2) is 25.8 Å². The third-order valence-corrected chi connectivity index (χ3v) is 3.74. The van der Waals surface area contributed by atoms with E-state index in [0.717, 1.165) is 31.1 Å². The van der Waals surface area contributed by atoms with E-state index in [0.29, 0.717) is 0 Å². The standard InChI is InChI=1S/C14H29NO/c1-4-9-15-14-7-6-12(3)11-13(14)8-10-16-5-2/h12-15H,4-11H2,1-3H3. The van der Waals surface area contributed by atoms with Crippen molar-refractivity contribution in [2.75, 3.05) is 19.8 Å². The molecule has 0 aromatic rings. The van der Waals surface area contributed by atoms with E-state index in [1.165, 1.54) is 38.6 Å². The van der Waals surface area contributed by atoms with Crippen molar-refractivity contribution in [1.82, 2.24) is 5.32 Å². The molecule has 1 saturated carbocycles. The molecule has 2 nitrogen and oxygen atoms in total. The van der Waals surface area contributed by atoms with Crippen molar-refractivity contribution in [1.29, 1.82) is 0 Å². The van der Waals surface area contributed by atoms with Gasteiger partial charge in [0.25, 0.3) is 0 Å². The van der Waals surface area contributed by atoms with Crippen LogP contribution in [-0.2, 0) is 4.74 Å². The number of hydrogen-bond acceptors (Lipinski definition) is 2. The topological polar surface area (TPSA) is 21.3 Å². The minimum Gasteiger partial charge on any atom is -0.382 e. The van der Waals surface area contributed by atoms with Gasteiger partial charge in [-0.1, -0.05) is 13.8 Å². The summed E-state index contributed by atoms with van der Waals surface area (Å²) in [4.78, 5) is 0. The molecule has 1 aliphatic rings. The minimum atomic E-state index is 0.747. The molecule has 0 bridgehead atoms. The average Bonchev–Trinajstić information content (AvgIpc) is 2.28. The summed E-state index contributed by atoms with van der Waals surface area (Å²) in [5, 5.41) is 3.71. The predicted molar refractivity (Wildman–Crippen MR) is 69.7 cm³/mol. The molecule has 1 fully saturated rings. The molecule has 0 heterocycles. The predicted octanol–water partition coefficient (Wildman–Crippen LogP) is 3.22.